The average molecular weight is 460 g/mol. The minimum absolute atomic E-state index is 0.0214. The van der Waals surface area contributed by atoms with Gasteiger partial charge in [-0.3, -0.25) is 4.79 Å². The van der Waals surface area contributed by atoms with Crippen LogP contribution in [0, 0.1) is 11.6 Å². The zero-order valence-electron chi connectivity index (χ0n) is 18.0. The summed E-state index contributed by atoms with van der Waals surface area (Å²) in [7, 11) is 1.75. The number of amides is 1. The highest BCUT2D eigenvalue weighted by atomic mass is 35.5. The van der Waals surface area contributed by atoms with Crippen molar-refractivity contribution < 1.29 is 13.6 Å². The Morgan fingerprint density at radius 3 is 2.50 bits per heavy atom. The fraction of sp³-hybridized carbons (Fsp3) is 0.304. The number of nitrogens with zero attached hydrogens (tertiary/aromatic N) is 3. The van der Waals surface area contributed by atoms with E-state index >= 15 is 0 Å². The van der Waals surface area contributed by atoms with Gasteiger partial charge in [-0.25, -0.2) is 13.8 Å². The van der Waals surface area contributed by atoms with Crippen LogP contribution in [0.2, 0.25) is 5.02 Å². The number of anilines is 2. The first-order valence-electron chi connectivity index (χ1n) is 10.3. The molecule has 168 valence electrons. The van der Waals surface area contributed by atoms with Crippen LogP contribution in [0.15, 0.2) is 42.5 Å². The average Bonchev–Trinajstić information content (AvgIpc) is 3.13. The summed E-state index contributed by atoms with van der Waals surface area (Å²) < 4.78 is 29.5. The number of likely N-dealkylation sites (N-methyl/N-ethyl adjacent to an activating group) is 1. The Balaban J connectivity index is 1.74. The molecule has 1 aromatic heterocycles. The molecule has 32 heavy (non-hydrogen) atoms. The molecule has 9 heteroatoms. The van der Waals surface area contributed by atoms with Gasteiger partial charge in [0.15, 0.2) is 0 Å². The van der Waals surface area contributed by atoms with Gasteiger partial charge in [-0.05, 0) is 63.4 Å². The normalized spacial score (nSPS) is 13.8. The van der Waals surface area contributed by atoms with Crippen molar-refractivity contribution in [3.63, 3.8) is 0 Å². The van der Waals surface area contributed by atoms with E-state index in [1.165, 1.54) is 24.3 Å². The number of hydrogen-bond acceptors (Lipinski definition) is 4. The van der Waals surface area contributed by atoms with Gasteiger partial charge >= 0.3 is 0 Å². The lowest BCUT2D eigenvalue weighted by atomic mass is 10.0. The monoisotopic (exact) mass is 459 g/mol. The van der Waals surface area contributed by atoms with Crippen LogP contribution in [0.4, 0.5) is 20.3 Å². The predicted molar refractivity (Wildman–Crippen MR) is 121 cm³/mol. The van der Waals surface area contributed by atoms with Crippen molar-refractivity contribution in [2.75, 3.05) is 18.9 Å². The van der Waals surface area contributed by atoms with Crippen LogP contribution in [-0.4, -0.2) is 39.5 Å². The molecule has 3 aromatic rings. The number of benzene rings is 2. The van der Waals surface area contributed by atoms with Gasteiger partial charge in [0, 0.05) is 24.3 Å². The molecule has 2 aromatic carbocycles. The second kappa shape index (κ2) is 8.52. The second-order valence-electron chi connectivity index (χ2n) is 8.24. The molecule has 0 unspecified atom stereocenters. The zero-order chi connectivity index (χ0) is 23.0. The molecule has 1 aliphatic heterocycles. The third-order valence-corrected chi connectivity index (χ3v) is 6.03. The van der Waals surface area contributed by atoms with E-state index in [0.29, 0.717) is 48.2 Å². The number of imidazole rings is 1. The lowest BCUT2D eigenvalue weighted by molar-refractivity contribution is -0.138. The second-order valence-corrected chi connectivity index (χ2v) is 8.65. The van der Waals surface area contributed by atoms with Gasteiger partial charge in [0.2, 0.25) is 5.91 Å². The van der Waals surface area contributed by atoms with Crippen LogP contribution < -0.4 is 10.6 Å². The minimum Gasteiger partial charge on any atom is -0.340 e. The minimum atomic E-state index is -0.698. The first-order valence-corrected chi connectivity index (χ1v) is 10.6. The lowest BCUT2D eigenvalue weighted by Crippen LogP contribution is -2.54. The van der Waals surface area contributed by atoms with E-state index in [2.05, 4.69) is 10.6 Å². The Morgan fingerprint density at radius 2 is 1.84 bits per heavy atom. The zero-order valence-corrected chi connectivity index (χ0v) is 18.8. The van der Waals surface area contributed by atoms with Crippen LogP contribution in [0.25, 0.3) is 11.3 Å². The summed E-state index contributed by atoms with van der Waals surface area (Å²) in [5.41, 5.74) is 1.11. The Labute approximate surface area is 190 Å². The first-order chi connectivity index (χ1) is 15.2. The highest BCUT2D eigenvalue weighted by Crippen LogP contribution is 2.34. The Kier molecular flexibility index (Phi) is 5.92. The van der Waals surface area contributed by atoms with Gasteiger partial charge in [0.25, 0.3) is 0 Å². The summed E-state index contributed by atoms with van der Waals surface area (Å²) in [5.74, 6) is 0.426. The molecular formula is C23H24ClF2N5O. The van der Waals surface area contributed by atoms with E-state index in [1.807, 2.05) is 18.4 Å². The molecular weight excluding hydrogens is 436 g/mol. The number of rotatable bonds is 5. The number of fused-ring (bicyclic) bond motifs is 1. The van der Waals surface area contributed by atoms with Crippen molar-refractivity contribution in [3.05, 3.63) is 64.9 Å². The summed E-state index contributed by atoms with van der Waals surface area (Å²) in [5, 5.41) is 6.31. The molecule has 0 fully saturated rings. The van der Waals surface area contributed by atoms with Gasteiger partial charge in [0.1, 0.15) is 29.0 Å². The summed E-state index contributed by atoms with van der Waals surface area (Å²) in [6.45, 7) is 5.01. The van der Waals surface area contributed by atoms with E-state index < -0.39 is 11.4 Å². The van der Waals surface area contributed by atoms with Gasteiger partial charge in [-0.2, -0.15) is 0 Å². The molecule has 1 amide bonds. The van der Waals surface area contributed by atoms with E-state index in [0.717, 1.165) is 0 Å². The lowest BCUT2D eigenvalue weighted by Gasteiger charge is -2.34. The third kappa shape index (κ3) is 4.20. The molecule has 2 N–H and O–H groups in total. The van der Waals surface area contributed by atoms with Crippen LogP contribution in [0.1, 0.15) is 19.7 Å². The molecule has 6 nitrogen and oxygen atoms in total. The van der Waals surface area contributed by atoms with E-state index in [9.17, 15) is 13.6 Å². The topological polar surface area (TPSA) is 62.2 Å². The number of halogens is 3. The van der Waals surface area contributed by atoms with Gasteiger partial charge in [0.05, 0.1) is 17.1 Å². The molecule has 2 heterocycles. The molecule has 0 bridgehead atoms. The van der Waals surface area contributed by atoms with E-state index in [1.54, 1.807) is 30.1 Å². The largest absolute Gasteiger partial charge is 0.340 e. The Bertz CT molecular complexity index is 1160. The summed E-state index contributed by atoms with van der Waals surface area (Å²) in [6.07, 6.45) is 0. The maximum Gasteiger partial charge on any atom is 0.242 e. The van der Waals surface area contributed by atoms with Crippen molar-refractivity contribution in [2.24, 2.45) is 0 Å². The highest BCUT2D eigenvalue weighted by molar-refractivity contribution is 6.30. The maximum absolute atomic E-state index is 14.0. The highest BCUT2D eigenvalue weighted by Gasteiger charge is 2.34. The van der Waals surface area contributed by atoms with E-state index in [4.69, 9.17) is 16.6 Å². The molecule has 0 spiro atoms. The summed E-state index contributed by atoms with van der Waals surface area (Å²) >= 11 is 5.82. The van der Waals surface area contributed by atoms with Crippen molar-refractivity contribution in [3.8, 4) is 11.3 Å². The number of carbonyl (C=O) groups excluding carboxylic acids is 1. The van der Waals surface area contributed by atoms with Crippen LogP contribution >= 0.6 is 11.6 Å². The fourth-order valence-corrected chi connectivity index (χ4v) is 3.77. The SMILES string of the molecule is CNC(C)(C)C(=O)N1CCn2c(nc(-c3ccc(F)cc3)c2Nc2ccc(Cl)c(F)c2)C1. The van der Waals surface area contributed by atoms with Crippen LogP contribution in [0.5, 0.6) is 0 Å². The molecule has 0 radical (unpaired) electrons. The van der Waals surface area contributed by atoms with Crippen molar-refractivity contribution in [1.82, 2.24) is 19.8 Å². The molecule has 0 saturated heterocycles. The molecule has 0 saturated carbocycles. The van der Waals surface area contributed by atoms with Gasteiger partial charge < -0.3 is 20.1 Å². The molecule has 4 rings (SSSR count). The summed E-state index contributed by atoms with van der Waals surface area (Å²) in [4.78, 5) is 19.5. The molecule has 0 atom stereocenters. The number of hydrogen-bond donors (Lipinski definition) is 2. The first kappa shape index (κ1) is 22.2. The summed E-state index contributed by atoms with van der Waals surface area (Å²) in [6, 6.07) is 10.5. The van der Waals surface area contributed by atoms with Crippen molar-refractivity contribution in [2.45, 2.75) is 32.5 Å². The Hall–Kier alpha value is -2.97. The standard InChI is InChI=1S/C23H24ClF2N5O/c1-23(2,27-3)22(32)30-10-11-31-19(13-30)29-20(14-4-6-15(25)7-5-14)21(31)28-16-8-9-17(24)18(26)12-16/h4-9,12,27-28H,10-11,13H2,1-3H3. The maximum atomic E-state index is 14.0. The van der Waals surface area contributed by atoms with E-state index in [-0.39, 0.29) is 16.7 Å². The number of carbonyl (C=O) groups is 1. The van der Waals surface area contributed by atoms with Crippen LogP contribution in [-0.2, 0) is 17.9 Å². The third-order valence-electron chi connectivity index (χ3n) is 5.72. The Morgan fingerprint density at radius 1 is 1.12 bits per heavy atom. The van der Waals surface area contributed by atoms with Gasteiger partial charge in [-0.1, -0.05) is 11.6 Å². The van der Waals surface area contributed by atoms with Gasteiger partial charge in [-0.15, -0.1) is 0 Å². The predicted octanol–water partition coefficient (Wildman–Crippen LogP) is 4.57. The van der Waals surface area contributed by atoms with Crippen molar-refractivity contribution in [1.29, 1.82) is 0 Å². The number of aromatic nitrogens is 2. The fourth-order valence-electron chi connectivity index (χ4n) is 3.65. The van der Waals surface area contributed by atoms with Crippen molar-refractivity contribution >= 4 is 29.0 Å². The van der Waals surface area contributed by atoms with Crippen LogP contribution in [0.3, 0.4) is 0 Å². The molecule has 1 aliphatic rings. The molecule has 0 aliphatic carbocycles. The quantitative estimate of drug-likeness (QED) is 0.587. The number of nitrogens with one attached hydrogen (secondary N) is 2. The smallest absolute Gasteiger partial charge is 0.242 e.